The van der Waals surface area contributed by atoms with Crippen molar-refractivity contribution in [2.75, 3.05) is 6.54 Å². The highest BCUT2D eigenvalue weighted by molar-refractivity contribution is 5.78. The molecule has 5 nitrogen and oxygen atoms in total. The van der Waals surface area contributed by atoms with Gasteiger partial charge >= 0.3 is 0 Å². The topological polar surface area (TPSA) is 59.8 Å². The Morgan fingerprint density at radius 2 is 2.23 bits per heavy atom. The van der Waals surface area contributed by atoms with E-state index in [2.05, 4.69) is 26.1 Å². The molecule has 0 aliphatic heterocycles. The fraction of sp³-hybridized carbons (Fsp3) is 0.471. The zero-order valence-corrected chi connectivity index (χ0v) is 13.0. The van der Waals surface area contributed by atoms with E-state index in [4.69, 9.17) is 0 Å². The first-order valence-corrected chi connectivity index (χ1v) is 7.93. The first-order valence-electron chi connectivity index (χ1n) is 7.93. The van der Waals surface area contributed by atoms with Crippen molar-refractivity contribution in [3.8, 4) is 0 Å². The smallest absolute Gasteiger partial charge is 0.226 e. The van der Waals surface area contributed by atoms with Crippen molar-refractivity contribution in [2.45, 2.75) is 38.5 Å². The normalized spacial score (nSPS) is 13.7. The van der Waals surface area contributed by atoms with E-state index in [-0.39, 0.29) is 5.91 Å². The first kappa shape index (κ1) is 14.8. The van der Waals surface area contributed by atoms with Crippen LogP contribution in [0.15, 0.2) is 24.5 Å². The Kier molecular flexibility index (Phi) is 4.51. The van der Waals surface area contributed by atoms with E-state index in [1.165, 1.54) is 29.7 Å². The molecule has 3 rings (SSSR count). The quantitative estimate of drug-likeness (QED) is 0.912. The molecule has 0 saturated heterocycles. The summed E-state index contributed by atoms with van der Waals surface area (Å²) in [6.07, 6.45) is 9.52. The Labute approximate surface area is 130 Å². The second-order valence-electron chi connectivity index (χ2n) is 5.89. The predicted molar refractivity (Wildman–Crippen MR) is 84.5 cm³/mol. The number of fused-ring (bicyclic) bond motifs is 1. The molecule has 1 amide bonds. The van der Waals surface area contributed by atoms with Crippen LogP contribution >= 0.6 is 0 Å². The van der Waals surface area contributed by atoms with Crippen LogP contribution in [-0.4, -0.2) is 27.2 Å². The summed E-state index contributed by atoms with van der Waals surface area (Å²) in [5, 5.41) is 11.2. The van der Waals surface area contributed by atoms with E-state index in [0.717, 1.165) is 25.0 Å². The van der Waals surface area contributed by atoms with E-state index >= 15 is 0 Å². The van der Waals surface area contributed by atoms with E-state index in [1.807, 2.05) is 25.5 Å². The zero-order valence-electron chi connectivity index (χ0n) is 13.0. The third kappa shape index (κ3) is 3.35. The van der Waals surface area contributed by atoms with Crippen molar-refractivity contribution in [3.63, 3.8) is 0 Å². The highest BCUT2D eigenvalue weighted by Crippen LogP contribution is 2.22. The molecular formula is C17H22N4O. The van der Waals surface area contributed by atoms with Gasteiger partial charge in [-0.05, 0) is 48.9 Å². The van der Waals surface area contributed by atoms with Gasteiger partial charge in [-0.25, -0.2) is 0 Å². The summed E-state index contributed by atoms with van der Waals surface area (Å²) in [6.45, 7) is 0.652. The second-order valence-corrected chi connectivity index (χ2v) is 5.89. The van der Waals surface area contributed by atoms with E-state index in [0.29, 0.717) is 13.0 Å². The van der Waals surface area contributed by atoms with E-state index in [1.54, 1.807) is 0 Å². The number of aromatic nitrogens is 3. The number of nitrogens with zero attached hydrogens (tertiary/aromatic N) is 3. The van der Waals surface area contributed by atoms with E-state index in [9.17, 15) is 4.79 Å². The number of hydrogen-bond donors (Lipinski definition) is 1. The molecule has 5 heteroatoms. The lowest BCUT2D eigenvalue weighted by molar-refractivity contribution is -0.120. The van der Waals surface area contributed by atoms with Gasteiger partial charge in [0.25, 0.3) is 0 Å². The molecule has 0 spiro atoms. The van der Waals surface area contributed by atoms with Crippen molar-refractivity contribution in [2.24, 2.45) is 7.05 Å². The molecule has 1 aliphatic rings. The van der Waals surface area contributed by atoms with Crippen molar-refractivity contribution in [1.82, 2.24) is 20.1 Å². The van der Waals surface area contributed by atoms with E-state index < -0.39 is 0 Å². The highest BCUT2D eigenvalue weighted by atomic mass is 16.1. The van der Waals surface area contributed by atoms with Gasteiger partial charge in [0, 0.05) is 31.9 Å². The second kappa shape index (κ2) is 6.73. The summed E-state index contributed by atoms with van der Waals surface area (Å²) in [5.74, 6) is 0.0301. The molecule has 1 N–H and O–H groups in total. The summed E-state index contributed by atoms with van der Waals surface area (Å²) >= 11 is 0. The summed E-state index contributed by atoms with van der Waals surface area (Å²) in [5.41, 5.74) is 4.59. The van der Waals surface area contributed by atoms with Gasteiger partial charge in [0.05, 0.1) is 18.3 Å². The average Bonchev–Trinajstić information content (AvgIpc) is 2.93. The molecule has 0 unspecified atom stereocenters. The predicted octanol–water partition coefficient (Wildman–Crippen LogP) is 1.60. The molecule has 116 valence electrons. The van der Waals surface area contributed by atoms with Crippen LogP contribution in [0.25, 0.3) is 0 Å². The van der Waals surface area contributed by atoms with Gasteiger partial charge in [0.2, 0.25) is 5.91 Å². The lowest BCUT2D eigenvalue weighted by atomic mass is 9.91. The van der Waals surface area contributed by atoms with Gasteiger partial charge in [0.1, 0.15) is 0 Å². The Morgan fingerprint density at radius 3 is 3.05 bits per heavy atom. The standard InChI is InChI=1S/C17H22N4O/c1-21-10-4-6-14(21)8-9-18-17(22)11-16-15-7-3-2-5-13(15)12-19-20-16/h4,6,10,12H,2-3,5,7-9,11H2,1H3,(H,18,22). The summed E-state index contributed by atoms with van der Waals surface area (Å²) in [4.78, 5) is 12.1. The molecule has 0 fully saturated rings. The molecule has 0 radical (unpaired) electrons. The van der Waals surface area contributed by atoms with Gasteiger partial charge in [-0.2, -0.15) is 10.2 Å². The number of hydrogen-bond acceptors (Lipinski definition) is 3. The minimum absolute atomic E-state index is 0.0301. The molecule has 22 heavy (non-hydrogen) atoms. The third-order valence-corrected chi connectivity index (χ3v) is 4.33. The maximum Gasteiger partial charge on any atom is 0.226 e. The monoisotopic (exact) mass is 298 g/mol. The maximum absolute atomic E-state index is 12.1. The minimum Gasteiger partial charge on any atom is -0.355 e. The molecule has 1 aliphatic carbocycles. The fourth-order valence-corrected chi connectivity index (χ4v) is 3.07. The van der Waals surface area contributed by atoms with Gasteiger partial charge in [0.15, 0.2) is 0 Å². The Balaban J connectivity index is 1.55. The van der Waals surface area contributed by atoms with Crippen LogP contribution in [0.2, 0.25) is 0 Å². The highest BCUT2D eigenvalue weighted by Gasteiger charge is 2.16. The SMILES string of the molecule is Cn1cccc1CCNC(=O)Cc1nncc2c1CCCC2. The molecular weight excluding hydrogens is 276 g/mol. The van der Waals surface area contributed by atoms with Crippen LogP contribution in [0, 0.1) is 0 Å². The lowest BCUT2D eigenvalue weighted by Crippen LogP contribution is -2.28. The lowest BCUT2D eigenvalue weighted by Gasteiger charge is -2.17. The van der Waals surface area contributed by atoms with Crippen LogP contribution in [0.3, 0.4) is 0 Å². The molecule has 2 heterocycles. The number of carbonyl (C=O) groups excluding carboxylic acids is 1. The van der Waals surface area contributed by atoms with Gasteiger partial charge < -0.3 is 9.88 Å². The average molecular weight is 298 g/mol. The van der Waals surface area contributed by atoms with Crippen LogP contribution < -0.4 is 5.32 Å². The Bertz CT molecular complexity index is 662. The number of amides is 1. The van der Waals surface area contributed by atoms with Crippen LogP contribution in [-0.2, 0) is 37.5 Å². The summed E-state index contributed by atoms with van der Waals surface area (Å²) in [7, 11) is 2.02. The minimum atomic E-state index is 0.0301. The van der Waals surface area contributed by atoms with Crippen LogP contribution in [0.5, 0.6) is 0 Å². The molecule has 2 aromatic heterocycles. The van der Waals surface area contributed by atoms with Crippen LogP contribution in [0.1, 0.15) is 35.4 Å². The number of carbonyl (C=O) groups is 1. The fourth-order valence-electron chi connectivity index (χ4n) is 3.07. The van der Waals surface area contributed by atoms with Gasteiger partial charge in [-0.1, -0.05) is 0 Å². The number of nitrogens with one attached hydrogen (secondary N) is 1. The molecule has 2 aromatic rings. The van der Waals surface area contributed by atoms with Crippen LogP contribution in [0.4, 0.5) is 0 Å². The van der Waals surface area contributed by atoms with Crippen molar-refractivity contribution >= 4 is 5.91 Å². The third-order valence-electron chi connectivity index (χ3n) is 4.33. The van der Waals surface area contributed by atoms with Gasteiger partial charge in [-0.15, -0.1) is 0 Å². The maximum atomic E-state index is 12.1. The summed E-state index contributed by atoms with van der Waals surface area (Å²) in [6, 6.07) is 4.09. The zero-order chi connectivity index (χ0) is 15.4. The summed E-state index contributed by atoms with van der Waals surface area (Å²) < 4.78 is 2.07. The molecule has 0 aromatic carbocycles. The first-order chi connectivity index (χ1) is 10.7. The largest absolute Gasteiger partial charge is 0.355 e. The van der Waals surface area contributed by atoms with Crippen molar-refractivity contribution in [1.29, 1.82) is 0 Å². The Morgan fingerprint density at radius 1 is 1.36 bits per heavy atom. The Hall–Kier alpha value is -2.17. The molecule has 0 saturated carbocycles. The number of rotatable bonds is 5. The van der Waals surface area contributed by atoms with Crippen molar-refractivity contribution in [3.05, 3.63) is 47.0 Å². The number of aryl methyl sites for hydroxylation is 2. The van der Waals surface area contributed by atoms with Crippen molar-refractivity contribution < 1.29 is 4.79 Å². The van der Waals surface area contributed by atoms with Gasteiger partial charge in [-0.3, -0.25) is 4.79 Å². The molecule has 0 bridgehead atoms. The molecule has 0 atom stereocenters.